The van der Waals surface area contributed by atoms with Gasteiger partial charge in [0.1, 0.15) is 0 Å². The Bertz CT molecular complexity index is 434. The summed E-state index contributed by atoms with van der Waals surface area (Å²) >= 11 is 1.23. The number of nitrogens with one attached hydrogen (secondary N) is 1. The number of hydrogen-bond acceptors (Lipinski definition) is 5. The fourth-order valence-corrected chi connectivity index (χ4v) is 4.62. The Morgan fingerprint density at radius 2 is 2.11 bits per heavy atom. The van der Waals surface area contributed by atoms with Crippen LogP contribution in [0.2, 0.25) is 0 Å². The Morgan fingerprint density at radius 3 is 2.61 bits per heavy atom. The van der Waals surface area contributed by atoms with Crippen LogP contribution in [0.5, 0.6) is 0 Å². The quantitative estimate of drug-likeness (QED) is 0.663. The highest BCUT2D eigenvalue weighted by Crippen LogP contribution is 2.22. The molecule has 0 saturated carbocycles. The highest BCUT2D eigenvalue weighted by atomic mass is 32.2. The van der Waals surface area contributed by atoms with E-state index >= 15 is 0 Å². The summed E-state index contributed by atoms with van der Waals surface area (Å²) in [6.45, 7) is 1.72. The topological polar surface area (TPSA) is 101 Å². The zero-order valence-corrected chi connectivity index (χ0v) is 11.8. The van der Waals surface area contributed by atoms with Crippen molar-refractivity contribution < 1.29 is 23.1 Å². The van der Waals surface area contributed by atoms with Crippen molar-refractivity contribution in [3.63, 3.8) is 0 Å². The van der Waals surface area contributed by atoms with E-state index in [2.05, 4.69) is 5.32 Å². The van der Waals surface area contributed by atoms with Crippen molar-refractivity contribution in [2.24, 2.45) is 0 Å². The molecule has 2 N–H and O–H groups in total. The van der Waals surface area contributed by atoms with Gasteiger partial charge >= 0.3 is 5.97 Å². The van der Waals surface area contributed by atoms with Crippen LogP contribution in [0.4, 0.5) is 0 Å². The standard InChI is InChI=1S/C10H17NO5S2/c1-10(3-5-18(15,16)7-10)11-8(12)6-17-4-2-9(13)14/h2-7H2,1H3,(H,11,12)(H,13,14). The summed E-state index contributed by atoms with van der Waals surface area (Å²) in [5.41, 5.74) is -0.677. The molecule has 1 heterocycles. The smallest absolute Gasteiger partial charge is 0.304 e. The van der Waals surface area contributed by atoms with Crippen molar-refractivity contribution in [3.05, 3.63) is 0 Å². The molecular formula is C10H17NO5S2. The molecule has 6 nitrogen and oxygen atoms in total. The highest BCUT2D eigenvalue weighted by Gasteiger charge is 2.39. The van der Waals surface area contributed by atoms with E-state index in [9.17, 15) is 18.0 Å². The Balaban J connectivity index is 2.30. The molecule has 104 valence electrons. The molecule has 1 saturated heterocycles. The minimum Gasteiger partial charge on any atom is -0.481 e. The van der Waals surface area contributed by atoms with Crippen molar-refractivity contribution in [1.82, 2.24) is 5.32 Å². The number of carbonyl (C=O) groups excluding carboxylic acids is 1. The van der Waals surface area contributed by atoms with Crippen LogP contribution < -0.4 is 5.32 Å². The monoisotopic (exact) mass is 295 g/mol. The summed E-state index contributed by atoms with van der Waals surface area (Å²) in [7, 11) is -3.04. The van der Waals surface area contributed by atoms with E-state index in [1.165, 1.54) is 11.8 Å². The number of rotatable bonds is 6. The molecule has 1 aliphatic rings. The fraction of sp³-hybridized carbons (Fsp3) is 0.800. The van der Waals surface area contributed by atoms with Crippen molar-refractivity contribution in [3.8, 4) is 0 Å². The Hall–Kier alpha value is -0.760. The first-order valence-corrected chi connectivity index (χ1v) is 8.51. The average Bonchev–Trinajstić information content (AvgIpc) is 2.47. The van der Waals surface area contributed by atoms with Crippen molar-refractivity contribution in [2.45, 2.75) is 25.3 Å². The lowest BCUT2D eigenvalue weighted by Gasteiger charge is -2.23. The molecule has 0 aromatic carbocycles. The lowest BCUT2D eigenvalue weighted by molar-refractivity contribution is -0.136. The first-order chi connectivity index (χ1) is 8.22. The number of carboxylic acids is 1. The number of hydrogen-bond donors (Lipinski definition) is 2. The van der Waals surface area contributed by atoms with Crippen LogP contribution in [-0.4, -0.2) is 54.0 Å². The molecular weight excluding hydrogens is 278 g/mol. The van der Waals surface area contributed by atoms with Crippen LogP contribution in [-0.2, 0) is 19.4 Å². The third kappa shape index (κ3) is 5.26. The lowest BCUT2D eigenvalue weighted by Crippen LogP contribution is -2.47. The van der Waals surface area contributed by atoms with Gasteiger partial charge < -0.3 is 10.4 Å². The Morgan fingerprint density at radius 1 is 1.44 bits per heavy atom. The third-order valence-electron chi connectivity index (χ3n) is 2.64. The summed E-state index contributed by atoms with van der Waals surface area (Å²) in [5.74, 6) is -0.524. The van der Waals surface area contributed by atoms with Gasteiger partial charge in [0.05, 0.1) is 29.2 Å². The first-order valence-electron chi connectivity index (χ1n) is 5.53. The Labute approximate surface area is 110 Å². The molecule has 8 heteroatoms. The summed E-state index contributed by atoms with van der Waals surface area (Å²) < 4.78 is 22.7. The molecule has 0 bridgehead atoms. The molecule has 0 aliphatic carbocycles. The van der Waals surface area contributed by atoms with Gasteiger partial charge in [-0.2, -0.15) is 11.8 Å². The van der Waals surface area contributed by atoms with Crippen molar-refractivity contribution in [2.75, 3.05) is 23.0 Å². The predicted molar refractivity (Wildman–Crippen MR) is 69.4 cm³/mol. The molecule has 1 amide bonds. The van der Waals surface area contributed by atoms with E-state index in [1.807, 2.05) is 0 Å². The number of aliphatic carboxylic acids is 1. The number of sulfone groups is 1. The molecule has 1 fully saturated rings. The molecule has 0 spiro atoms. The number of carboxylic acid groups (broad SMARTS) is 1. The zero-order chi connectivity index (χ0) is 13.8. The van der Waals surface area contributed by atoms with E-state index in [1.54, 1.807) is 6.92 Å². The molecule has 0 aromatic rings. The van der Waals surface area contributed by atoms with Gasteiger partial charge in [0.25, 0.3) is 0 Å². The van der Waals surface area contributed by atoms with Gasteiger partial charge in [-0.25, -0.2) is 8.42 Å². The first kappa shape index (κ1) is 15.3. The second kappa shape index (κ2) is 5.92. The minimum absolute atomic E-state index is 0.0175. The largest absolute Gasteiger partial charge is 0.481 e. The predicted octanol–water partition coefficient (Wildman–Crippen LogP) is -0.112. The van der Waals surface area contributed by atoms with Crippen LogP contribution >= 0.6 is 11.8 Å². The molecule has 18 heavy (non-hydrogen) atoms. The lowest BCUT2D eigenvalue weighted by atomic mass is 10.0. The Kier molecular flexibility index (Phi) is 5.03. The van der Waals surface area contributed by atoms with E-state index in [0.717, 1.165) is 0 Å². The minimum atomic E-state index is -3.04. The number of carbonyl (C=O) groups is 2. The van der Waals surface area contributed by atoms with Crippen LogP contribution in [0.1, 0.15) is 19.8 Å². The van der Waals surface area contributed by atoms with Crippen LogP contribution in [0.25, 0.3) is 0 Å². The molecule has 0 aromatic heterocycles. The van der Waals surface area contributed by atoms with Gasteiger partial charge in [-0.05, 0) is 13.3 Å². The summed E-state index contributed by atoms with van der Waals surface area (Å²) in [5, 5.41) is 11.1. The second-order valence-electron chi connectivity index (χ2n) is 4.65. The van der Waals surface area contributed by atoms with Crippen LogP contribution in [0.3, 0.4) is 0 Å². The fourth-order valence-electron chi connectivity index (χ4n) is 1.81. The van der Waals surface area contributed by atoms with Gasteiger partial charge in [-0.1, -0.05) is 0 Å². The van der Waals surface area contributed by atoms with E-state index in [0.29, 0.717) is 12.2 Å². The van der Waals surface area contributed by atoms with Crippen molar-refractivity contribution >= 4 is 33.5 Å². The molecule has 1 atom stereocenters. The maximum Gasteiger partial charge on any atom is 0.304 e. The average molecular weight is 295 g/mol. The summed E-state index contributed by atoms with van der Waals surface area (Å²) in [6, 6.07) is 0. The van der Waals surface area contributed by atoms with Gasteiger partial charge in [0.2, 0.25) is 5.91 Å². The van der Waals surface area contributed by atoms with E-state index < -0.39 is 21.3 Å². The van der Waals surface area contributed by atoms with E-state index in [4.69, 9.17) is 5.11 Å². The van der Waals surface area contributed by atoms with Crippen LogP contribution in [0.15, 0.2) is 0 Å². The van der Waals surface area contributed by atoms with Gasteiger partial charge in [-0.15, -0.1) is 0 Å². The molecule has 1 rings (SSSR count). The summed E-state index contributed by atoms with van der Waals surface area (Å²) in [4.78, 5) is 21.9. The zero-order valence-electron chi connectivity index (χ0n) is 10.1. The SMILES string of the molecule is CC1(NC(=O)CSCCC(=O)O)CCS(=O)(=O)C1. The second-order valence-corrected chi connectivity index (χ2v) is 7.94. The van der Waals surface area contributed by atoms with Gasteiger partial charge in [0.15, 0.2) is 9.84 Å². The summed E-state index contributed by atoms with van der Waals surface area (Å²) in [6.07, 6.45) is 0.449. The molecule has 1 unspecified atom stereocenters. The maximum atomic E-state index is 11.6. The number of amides is 1. The van der Waals surface area contributed by atoms with Crippen LogP contribution in [0, 0.1) is 0 Å². The van der Waals surface area contributed by atoms with Crippen molar-refractivity contribution in [1.29, 1.82) is 0 Å². The maximum absolute atomic E-state index is 11.6. The molecule has 0 radical (unpaired) electrons. The van der Waals surface area contributed by atoms with E-state index in [-0.39, 0.29) is 29.6 Å². The normalized spacial score (nSPS) is 25.8. The van der Waals surface area contributed by atoms with Gasteiger partial charge in [-0.3, -0.25) is 9.59 Å². The third-order valence-corrected chi connectivity index (χ3v) is 5.50. The highest BCUT2D eigenvalue weighted by molar-refractivity contribution is 7.99. The molecule has 1 aliphatic heterocycles. The van der Waals surface area contributed by atoms with Gasteiger partial charge in [0, 0.05) is 5.75 Å². The number of thioether (sulfide) groups is 1.